The van der Waals surface area contributed by atoms with E-state index in [1.165, 1.54) is 31.4 Å². The van der Waals surface area contributed by atoms with Gasteiger partial charge in [0.25, 0.3) is 0 Å². The Kier molecular flexibility index (Phi) is 32.1. The molecule has 125 heavy (non-hydrogen) atoms. The fourth-order valence-corrected chi connectivity index (χ4v) is 15.6. The number of aliphatic hydroxyl groups is 2. The van der Waals surface area contributed by atoms with Crippen LogP contribution in [0.4, 0.5) is 4.79 Å². The summed E-state index contributed by atoms with van der Waals surface area (Å²) in [5.41, 5.74) is 24.9. The number of alkyl carbamates (subject to hydrolysis) is 1. The Balaban J connectivity index is 0.824. The van der Waals surface area contributed by atoms with E-state index < -0.39 is 203 Å². The van der Waals surface area contributed by atoms with Crippen molar-refractivity contribution in [1.82, 2.24) is 5.32 Å². The van der Waals surface area contributed by atoms with E-state index in [1.807, 2.05) is 60.7 Å². The molecular formula is C90H95N7O28. The third-order valence-electron chi connectivity index (χ3n) is 21.7. The molecule has 25 atom stereocenters. The predicted octanol–water partition coefficient (Wildman–Crippen LogP) is 9.56. The SMILES string of the molecule is COC(=O)C1O[C@@H](O[C@@H]2C(CO)O[C@@H](O[C@H]3C(C(=O)OC)O[C@@H](O[C@@H]4C(COC(=O)c5ccccc5)O[C@H](OC)C(N=[N+]=[N-])[C@@H]4OCc4ccccc4)C(OC(=O)c4ccccc4)[C@H]3OCc3ccccc3)C3NC(=O)O[C@H]32)C(OCc2ccccc2)[C@H](OCc2ccccc2)[C@@H]1O[C@H]1OC(CO)[C@@H](OCc2ccccc2)[C@@H](OCc2ccccc2)C1N=[N+]=[N-]. The fourth-order valence-electron chi connectivity index (χ4n) is 15.6. The first kappa shape index (κ1) is 90.1. The summed E-state index contributed by atoms with van der Waals surface area (Å²) in [6.07, 6.45) is -37.2. The maximum Gasteiger partial charge on any atom is 0.408 e. The van der Waals surface area contributed by atoms with Crippen molar-refractivity contribution in [3.05, 3.63) is 308 Å². The maximum absolute atomic E-state index is 15.1. The summed E-state index contributed by atoms with van der Waals surface area (Å²) in [6.45, 7) is -3.18. The number of esters is 4. The highest BCUT2D eigenvalue weighted by atomic mass is 16.8. The summed E-state index contributed by atoms with van der Waals surface area (Å²) in [7, 11) is 3.46. The van der Waals surface area contributed by atoms with Gasteiger partial charge in [-0.2, -0.15) is 0 Å². The second-order valence-electron chi connectivity index (χ2n) is 29.7. The highest BCUT2D eigenvalue weighted by Crippen LogP contribution is 2.43. The van der Waals surface area contributed by atoms with E-state index in [-0.39, 0.29) is 50.8 Å². The molecule has 6 aliphatic heterocycles. The average molecular weight is 1720 g/mol. The van der Waals surface area contributed by atoms with Crippen LogP contribution in [0.1, 0.15) is 54.1 Å². The van der Waals surface area contributed by atoms with Crippen LogP contribution in [-0.2, 0) is 149 Å². The summed E-state index contributed by atoms with van der Waals surface area (Å²) in [5, 5.41) is 34.3. The van der Waals surface area contributed by atoms with Crippen LogP contribution in [0.25, 0.3) is 20.9 Å². The lowest BCUT2D eigenvalue weighted by atomic mass is 9.93. The van der Waals surface area contributed by atoms with Crippen molar-refractivity contribution in [2.75, 3.05) is 41.2 Å². The van der Waals surface area contributed by atoms with Gasteiger partial charge < -0.3 is 115 Å². The van der Waals surface area contributed by atoms with Crippen molar-refractivity contribution < 1.29 is 134 Å². The Morgan fingerprint density at radius 3 is 1.15 bits per heavy atom. The number of carbonyl (C=O) groups is 5. The monoisotopic (exact) mass is 1720 g/mol. The number of aliphatic hydroxyl groups excluding tert-OH is 2. The topological polar surface area (TPSA) is 429 Å². The molecular weight excluding hydrogens is 1630 g/mol. The molecule has 6 fully saturated rings. The van der Waals surface area contributed by atoms with E-state index in [0.29, 0.717) is 22.3 Å². The molecule has 658 valence electrons. The van der Waals surface area contributed by atoms with Gasteiger partial charge >= 0.3 is 30.0 Å². The van der Waals surface area contributed by atoms with Crippen molar-refractivity contribution in [1.29, 1.82) is 0 Å². The van der Waals surface area contributed by atoms with Gasteiger partial charge in [-0.1, -0.05) is 229 Å². The summed E-state index contributed by atoms with van der Waals surface area (Å²) in [5.74, 6) is -3.98. The number of nitrogens with zero attached hydrogens (tertiary/aromatic N) is 6. The highest BCUT2D eigenvalue weighted by molar-refractivity contribution is 5.90. The highest BCUT2D eigenvalue weighted by Gasteiger charge is 2.63. The van der Waals surface area contributed by atoms with E-state index in [1.54, 1.807) is 158 Å². The third kappa shape index (κ3) is 22.6. The van der Waals surface area contributed by atoms with E-state index in [2.05, 4.69) is 25.4 Å². The molecule has 6 saturated heterocycles. The normalized spacial score (nSPS) is 30.0. The van der Waals surface area contributed by atoms with E-state index in [9.17, 15) is 35.7 Å². The molecule has 6 aliphatic rings. The van der Waals surface area contributed by atoms with Gasteiger partial charge in [-0.05, 0) is 68.7 Å². The summed E-state index contributed by atoms with van der Waals surface area (Å²) in [4.78, 5) is 79.7. The first-order valence-corrected chi connectivity index (χ1v) is 40.5. The zero-order valence-corrected chi connectivity index (χ0v) is 68.1. The Labute approximate surface area is 718 Å². The average Bonchev–Trinajstić information content (AvgIpc) is 1.68. The van der Waals surface area contributed by atoms with Crippen molar-refractivity contribution in [3.8, 4) is 0 Å². The van der Waals surface area contributed by atoms with Gasteiger partial charge in [-0.25, -0.2) is 24.0 Å². The Hall–Kier alpha value is -11.2. The molecule has 0 aromatic heterocycles. The van der Waals surface area contributed by atoms with Crippen LogP contribution in [0.5, 0.6) is 0 Å². The molecule has 6 heterocycles. The zero-order chi connectivity index (χ0) is 87.0. The molecule has 8 aromatic carbocycles. The quantitative estimate of drug-likeness (QED) is 0.0106. The van der Waals surface area contributed by atoms with Crippen LogP contribution in [0.2, 0.25) is 0 Å². The van der Waals surface area contributed by atoms with Crippen LogP contribution in [0, 0.1) is 0 Å². The number of benzene rings is 8. The van der Waals surface area contributed by atoms with E-state index >= 15 is 9.59 Å². The van der Waals surface area contributed by atoms with E-state index in [0.717, 1.165) is 25.3 Å². The largest absolute Gasteiger partial charge is 0.467 e. The molecule has 0 spiro atoms. The lowest BCUT2D eigenvalue weighted by Crippen LogP contribution is -2.69. The first-order chi connectivity index (χ1) is 61.2. The predicted molar refractivity (Wildman–Crippen MR) is 434 cm³/mol. The third-order valence-corrected chi connectivity index (χ3v) is 21.7. The molecule has 8 aromatic rings. The van der Waals surface area contributed by atoms with Crippen LogP contribution in [0.15, 0.2) is 253 Å². The minimum atomic E-state index is -2.03. The molecule has 10 unspecified atom stereocenters. The standard InChI is InChI=1S/C90H95N7O28/c1-105-83(102)77-75(122-87-66(95-97-92)70(109-47-54-30-14-5-15-31-54)67(61(44-98)115-87)108-46-53-28-12-4-13-29-53)73(111-49-56-34-18-7-19-35-56)79(113-51-58-38-22-9-23-39-58)88(123-77)119-68-62(45-99)116-86(64-72(68)125-90(104)93-64)121-76-74(112-50-57-36-20-8-21-37-57)80(118-82(101)60-42-26-11-27-43-60)89(124-78(76)84(103)106-2)120-69-63(52-114-81(100)59-40-24-10-25-41-59)117-85(107-3)65(94-96-91)71(69)110-48-55-32-16-6-17-33-55/h4-43,61-80,85-89,98-99H,44-52H2,1-3H3,(H,93,104)/t61?,62?,63?,64?,65?,66?,67-,68-,69-,70+,71+,72-,73-,74+,75+,76-,77?,78?,79?,80?,85+,86+,87-,88-,89-/m1/s1. The van der Waals surface area contributed by atoms with Gasteiger partial charge in [-0.15, -0.1) is 0 Å². The van der Waals surface area contributed by atoms with Crippen LogP contribution >= 0.6 is 0 Å². The Morgan fingerprint density at radius 2 is 0.720 bits per heavy atom. The summed E-state index contributed by atoms with van der Waals surface area (Å²) in [6, 6.07) is 65.4. The number of ether oxygens (including phenoxy) is 21. The second kappa shape index (κ2) is 44.6. The Morgan fingerprint density at radius 1 is 0.376 bits per heavy atom. The lowest BCUT2D eigenvalue weighted by Gasteiger charge is -2.51. The summed E-state index contributed by atoms with van der Waals surface area (Å²) >= 11 is 0. The van der Waals surface area contributed by atoms with Crippen molar-refractivity contribution >= 4 is 30.0 Å². The molecule has 0 aliphatic carbocycles. The number of rotatable bonds is 38. The van der Waals surface area contributed by atoms with Gasteiger partial charge in [0.2, 0.25) is 0 Å². The molecule has 1 amide bonds. The molecule has 35 heteroatoms. The first-order valence-electron chi connectivity index (χ1n) is 40.5. The number of methoxy groups -OCH3 is 3. The van der Waals surface area contributed by atoms with Crippen LogP contribution in [0.3, 0.4) is 0 Å². The number of azide groups is 2. The number of fused-ring (bicyclic) bond motifs is 1. The number of amides is 1. The van der Waals surface area contributed by atoms with Crippen molar-refractivity contribution in [3.63, 3.8) is 0 Å². The summed E-state index contributed by atoms with van der Waals surface area (Å²) < 4.78 is 138. The minimum absolute atomic E-state index is 0.00447. The number of nitrogens with one attached hydrogen (secondary N) is 1. The second-order valence-corrected chi connectivity index (χ2v) is 29.7. The van der Waals surface area contributed by atoms with Gasteiger partial charge in [0.1, 0.15) is 104 Å². The number of carbonyl (C=O) groups excluding carboxylic acids is 5. The van der Waals surface area contributed by atoms with Crippen LogP contribution in [-0.4, -0.2) is 235 Å². The minimum Gasteiger partial charge on any atom is -0.467 e. The van der Waals surface area contributed by atoms with Crippen molar-refractivity contribution in [2.45, 2.75) is 193 Å². The lowest BCUT2D eigenvalue weighted by molar-refractivity contribution is -0.380. The van der Waals surface area contributed by atoms with Gasteiger partial charge in [-0.3, -0.25) is 0 Å². The molecule has 0 saturated carbocycles. The molecule has 35 nitrogen and oxygen atoms in total. The fraction of sp³-hybridized carbons (Fsp3) is 0.411. The zero-order valence-electron chi connectivity index (χ0n) is 68.1. The van der Waals surface area contributed by atoms with E-state index in [4.69, 9.17) is 99.5 Å². The molecule has 0 radical (unpaired) electrons. The molecule has 0 bridgehead atoms. The smallest absolute Gasteiger partial charge is 0.408 e. The van der Waals surface area contributed by atoms with Gasteiger partial charge in [0.15, 0.2) is 55.9 Å². The Bertz CT molecular complexity index is 4840. The van der Waals surface area contributed by atoms with Gasteiger partial charge in [0, 0.05) is 16.9 Å². The van der Waals surface area contributed by atoms with Gasteiger partial charge in [0.05, 0.1) is 78.2 Å². The maximum atomic E-state index is 15.1. The molecule has 14 rings (SSSR count). The number of hydrogen-bond donors (Lipinski definition) is 3. The molecule has 3 N–H and O–H groups in total. The number of hydrogen-bond acceptors (Lipinski definition) is 30. The van der Waals surface area contributed by atoms with Crippen LogP contribution < -0.4 is 5.32 Å². The van der Waals surface area contributed by atoms with Crippen molar-refractivity contribution in [2.24, 2.45) is 10.2 Å².